The minimum Gasteiger partial charge on any atom is -0.438 e. The third-order valence-electron chi connectivity index (χ3n) is 12.7. The summed E-state index contributed by atoms with van der Waals surface area (Å²) < 4.78 is 11.0. The Bertz CT molecular complexity index is 3600. The van der Waals surface area contributed by atoms with Gasteiger partial charge in [0.1, 0.15) is 5.58 Å². The summed E-state index contributed by atoms with van der Waals surface area (Å²) in [5.41, 5.74) is 15.5. The van der Waals surface area contributed by atoms with Crippen molar-refractivity contribution >= 4 is 65.7 Å². The Morgan fingerprint density at radius 1 is 0.414 bits per heavy atom. The molecule has 12 aromatic rings. The average Bonchev–Trinajstić information content (AvgIpc) is 4.02. The zero-order chi connectivity index (χ0) is 38.0. The lowest BCUT2D eigenvalue weighted by Gasteiger charge is -2.34. The van der Waals surface area contributed by atoms with Crippen molar-refractivity contribution < 1.29 is 4.42 Å². The molecule has 4 heteroatoms. The molecule has 0 amide bonds. The normalized spacial score (nSPS) is 13.3. The van der Waals surface area contributed by atoms with Crippen LogP contribution in [0.5, 0.6) is 0 Å². The first kappa shape index (κ1) is 31.5. The maximum Gasteiger partial charge on any atom is 0.227 e. The van der Waals surface area contributed by atoms with Crippen molar-refractivity contribution in [3.05, 3.63) is 223 Å². The maximum atomic E-state index is 6.13. The number of benzene rings is 8. The van der Waals surface area contributed by atoms with E-state index in [-0.39, 0.29) is 0 Å². The quantitative estimate of drug-likeness (QED) is 0.180. The summed E-state index contributed by atoms with van der Waals surface area (Å²) in [7, 11) is 0. The van der Waals surface area contributed by atoms with Crippen LogP contribution in [0.4, 0.5) is 0 Å². The standard InChI is InChI=1S/C54H33N3O/c1-2-15-34(16-3-1)54(44-22-9-4-17-37(44)38-18-5-10-23-45(38)54)35-29-30-48-42(31-35)39-19-6-11-24-46(39)57(48)50-27-14-26-49-52(50)41-21-7-12-25-47(41)56(49)36-32-43-40-20-8-13-28-51(40)58-53(43)55-33-36/h1-33H. The number of rotatable bonds is 4. The number of para-hydroxylation sites is 3. The molecular formula is C54H33N3O. The van der Waals surface area contributed by atoms with E-state index >= 15 is 0 Å². The van der Waals surface area contributed by atoms with Crippen molar-refractivity contribution in [2.24, 2.45) is 0 Å². The lowest BCUT2D eigenvalue weighted by atomic mass is 9.67. The van der Waals surface area contributed by atoms with Crippen LogP contribution in [-0.4, -0.2) is 14.1 Å². The highest BCUT2D eigenvalue weighted by atomic mass is 16.3. The molecule has 0 bridgehead atoms. The second kappa shape index (κ2) is 11.7. The van der Waals surface area contributed by atoms with Crippen LogP contribution in [0.3, 0.4) is 0 Å². The summed E-state index contributed by atoms with van der Waals surface area (Å²) in [4.78, 5) is 4.85. The van der Waals surface area contributed by atoms with Crippen molar-refractivity contribution in [2.45, 2.75) is 5.41 Å². The lowest BCUT2D eigenvalue weighted by molar-refractivity contribution is 0.654. The maximum absolute atomic E-state index is 6.13. The highest BCUT2D eigenvalue weighted by Gasteiger charge is 2.46. The molecule has 4 nitrogen and oxygen atoms in total. The van der Waals surface area contributed by atoms with E-state index in [0.717, 1.165) is 38.8 Å². The summed E-state index contributed by atoms with van der Waals surface area (Å²) in [6.45, 7) is 0. The third kappa shape index (κ3) is 4.05. The van der Waals surface area contributed by atoms with Gasteiger partial charge in [0.25, 0.3) is 0 Å². The summed E-state index contributed by atoms with van der Waals surface area (Å²) in [5, 5.41) is 6.92. The number of fused-ring (bicyclic) bond motifs is 12. The predicted octanol–water partition coefficient (Wildman–Crippen LogP) is 13.5. The van der Waals surface area contributed by atoms with Crippen LogP contribution in [0, 0.1) is 0 Å². The molecule has 270 valence electrons. The Hall–Kier alpha value is -7.69. The van der Waals surface area contributed by atoms with E-state index in [1.165, 1.54) is 66.0 Å². The summed E-state index contributed by atoms with van der Waals surface area (Å²) in [6.07, 6.45) is 1.94. The molecule has 0 aliphatic heterocycles. The molecular weight excluding hydrogens is 707 g/mol. The first-order valence-corrected chi connectivity index (χ1v) is 19.9. The fraction of sp³-hybridized carbons (Fsp3) is 0.0185. The van der Waals surface area contributed by atoms with E-state index < -0.39 is 5.41 Å². The van der Waals surface area contributed by atoms with Crippen LogP contribution < -0.4 is 0 Å². The van der Waals surface area contributed by atoms with Crippen LogP contribution in [0.25, 0.3) is 88.2 Å². The first-order chi connectivity index (χ1) is 28.8. The van der Waals surface area contributed by atoms with Gasteiger partial charge in [-0.25, -0.2) is 4.98 Å². The highest BCUT2D eigenvalue weighted by Crippen LogP contribution is 2.56. The van der Waals surface area contributed by atoms with Gasteiger partial charge in [0, 0.05) is 26.9 Å². The van der Waals surface area contributed by atoms with Crippen LogP contribution in [-0.2, 0) is 5.41 Å². The Labute approximate surface area is 333 Å². The van der Waals surface area contributed by atoms with E-state index in [4.69, 9.17) is 9.40 Å². The molecule has 4 heterocycles. The minimum absolute atomic E-state index is 0.477. The van der Waals surface area contributed by atoms with Crippen LogP contribution in [0.15, 0.2) is 205 Å². The average molecular weight is 740 g/mol. The van der Waals surface area contributed by atoms with Crippen molar-refractivity contribution in [2.75, 3.05) is 0 Å². The van der Waals surface area contributed by atoms with E-state index in [9.17, 15) is 0 Å². The molecule has 0 spiro atoms. The van der Waals surface area contributed by atoms with Gasteiger partial charge < -0.3 is 13.6 Å². The van der Waals surface area contributed by atoms with Gasteiger partial charge in [-0.05, 0) is 81.9 Å². The molecule has 0 fully saturated rings. The van der Waals surface area contributed by atoms with Gasteiger partial charge in [-0.1, -0.05) is 146 Å². The number of nitrogens with zero attached hydrogens (tertiary/aromatic N) is 3. The van der Waals surface area contributed by atoms with Crippen molar-refractivity contribution in [3.63, 3.8) is 0 Å². The van der Waals surface area contributed by atoms with E-state index in [1.807, 2.05) is 18.3 Å². The van der Waals surface area contributed by atoms with Gasteiger partial charge in [0.15, 0.2) is 0 Å². The smallest absolute Gasteiger partial charge is 0.227 e. The molecule has 0 radical (unpaired) electrons. The zero-order valence-corrected chi connectivity index (χ0v) is 31.3. The number of hydrogen-bond donors (Lipinski definition) is 0. The molecule has 1 aliphatic carbocycles. The summed E-state index contributed by atoms with van der Waals surface area (Å²) >= 11 is 0. The second-order valence-corrected chi connectivity index (χ2v) is 15.5. The van der Waals surface area contributed by atoms with E-state index in [1.54, 1.807) is 0 Å². The fourth-order valence-corrected chi connectivity index (χ4v) is 10.4. The Balaban J connectivity index is 1.09. The monoisotopic (exact) mass is 739 g/mol. The van der Waals surface area contributed by atoms with Crippen molar-refractivity contribution in [1.82, 2.24) is 14.1 Å². The number of hydrogen-bond acceptors (Lipinski definition) is 2. The molecule has 58 heavy (non-hydrogen) atoms. The third-order valence-corrected chi connectivity index (χ3v) is 12.7. The van der Waals surface area contributed by atoms with Gasteiger partial charge in [-0.2, -0.15) is 0 Å². The topological polar surface area (TPSA) is 35.9 Å². The fourth-order valence-electron chi connectivity index (χ4n) is 10.4. The first-order valence-electron chi connectivity index (χ1n) is 19.9. The summed E-state index contributed by atoms with van der Waals surface area (Å²) in [6, 6.07) is 70.9. The number of pyridine rings is 1. The van der Waals surface area contributed by atoms with E-state index in [2.05, 4.69) is 191 Å². The molecule has 0 unspecified atom stereocenters. The molecule has 0 saturated carbocycles. The predicted molar refractivity (Wildman–Crippen MR) is 237 cm³/mol. The number of aromatic nitrogens is 3. The molecule has 1 aliphatic rings. The molecule has 0 saturated heterocycles. The Kier molecular flexibility index (Phi) is 6.34. The molecule has 0 atom stereocenters. The SMILES string of the molecule is c1ccc(C2(c3ccc4c(c3)c3ccccc3n4-c3cccc4c3c3ccccc3n4-c3cnc4oc5ccccc5c4c3)c3ccccc3-c3ccccc32)cc1. The Morgan fingerprint density at radius 2 is 1.03 bits per heavy atom. The van der Waals surface area contributed by atoms with Crippen LogP contribution >= 0.6 is 0 Å². The van der Waals surface area contributed by atoms with Gasteiger partial charge in [0.2, 0.25) is 5.71 Å². The minimum atomic E-state index is -0.477. The van der Waals surface area contributed by atoms with Crippen LogP contribution in [0.2, 0.25) is 0 Å². The molecule has 13 rings (SSSR count). The molecule has 8 aromatic carbocycles. The Morgan fingerprint density at radius 3 is 1.83 bits per heavy atom. The lowest BCUT2D eigenvalue weighted by Crippen LogP contribution is -2.28. The van der Waals surface area contributed by atoms with Crippen molar-refractivity contribution in [3.8, 4) is 22.5 Å². The van der Waals surface area contributed by atoms with Gasteiger partial charge in [0.05, 0.1) is 50.4 Å². The highest BCUT2D eigenvalue weighted by molar-refractivity contribution is 6.17. The number of furan rings is 1. The van der Waals surface area contributed by atoms with Gasteiger partial charge in [-0.15, -0.1) is 0 Å². The van der Waals surface area contributed by atoms with E-state index in [0.29, 0.717) is 5.71 Å². The second-order valence-electron chi connectivity index (χ2n) is 15.5. The van der Waals surface area contributed by atoms with Crippen molar-refractivity contribution in [1.29, 1.82) is 0 Å². The summed E-state index contributed by atoms with van der Waals surface area (Å²) in [5.74, 6) is 0. The molecule has 0 N–H and O–H groups in total. The zero-order valence-electron chi connectivity index (χ0n) is 31.3. The van der Waals surface area contributed by atoms with Gasteiger partial charge >= 0.3 is 0 Å². The molecule has 4 aromatic heterocycles. The van der Waals surface area contributed by atoms with Crippen LogP contribution in [0.1, 0.15) is 22.3 Å². The van der Waals surface area contributed by atoms with Gasteiger partial charge in [-0.3, -0.25) is 0 Å². The largest absolute Gasteiger partial charge is 0.438 e.